The van der Waals surface area contributed by atoms with Gasteiger partial charge in [0, 0.05) is 24.4 Å². The summed E-state index contributed by atoms with van der Waals surface area (Å²) in [6.07, 6.45) is -0.923. The minimum Gasteiger partial charge on any atom is -0.451 e. The lowest BCUT2D eigenvalue weighted by Crippen LogP contribution is -2.37. The lowest BCUT2D eigenvalue weighted by Gasteiger charge is -2.22. The Morgan fingerprint density at radius 1 is 0.875 bits per heavy atom. The standard InChI is InChI=1S/C26H24N2O4/c1-18(26(31)27(2)16-19-10-4-3-5-11-19)32-24(29)17-28-22-14-8-6-12-20(22)25(30)21-13-7-9-15-23(21)28/h3-15,18H,16-17H2,1-2H3. The highest BCUT2D eigenvalue weighted by atomic mass is 16.5. The largest absolute Gasteiger partial charge is 0.451 e. The molecule has 162 valence electrons. The van der Waals surface area contributed by atoms with E-state index in [1.807, 2.05) is 42.5 Å². The highest BCUT2D eigenvalue weighted by molar-refractivity contribution is 5.94. The van der Waals surface area contributed by atoms with Crippen LogP contribution in [-0.4, -0.2) is 34.5 Å². The Bertz CT molecular complexity index is 1280. The molecule has 0 fully saturated rings. The molecule has 4 aromatic rings. The molecule has 0 N–H and O–H groups in total. The van der Waals surface area contributed by atoms with Crippen molar-refractivity contribution < 1.29 is 14.3 Å². The van der Waals surface area contributed by atoms with Crippen molar-refractivity contribution in [2.75, 3.05) is 7.05 Å². The Labute approximate surface area is 185 Å². The number of nitrogens with zero attached hydrogens (tertiary/aromatic N) is 2. The summed E-state index contributed by atoms with van der Waals surface area (Å²) < 4.78 is 7.24. The van der Waals surface area contributed by atoms with Crippen molar-refractivity contribution in [2.45, 2.75) is 26.1 Å². The van der Waals surface area contributed by atoms with E-state index in [4.69, 9.17) is 4.74 Å². The number of esters is 1. The number of rotatable bonds is 6. The van der Waals surface area contributed by atoms with Crippen molar-refractivity contribution >= 4 is 33.7 Å². The second kappa shape index (κ2) is 9.06. The first kappa shape index (κ1) is 21.3. The highest BCUT2D eigenvalue weighted by Crippen LogP contribution is 2.19. The summed E-state index contributed by atoms with van der Waals surface area (Å²) in [7, 11) is 1.68. The number of hydrogen-bond donors (Lipinski definition) is 0. The molecule has 1 unspecified atom stereocenters. The number of hydrogen-bond acceptors (Lipinski definition) is 4. The SMILES string of the molecule is CC(OC(=O)Cn1c2ccccc2c(=O)c2ccccc21)C(=O)N(C)Cc1ccccc1. The van der Waals surface area contributed by atoms with Crippen molar-refractivity contribution in [3.8, 4) is 0 Å². The zero-order valence-corrected chi connectivity index (χ0v) is 18.0. The number of pyridine rings is 1. The molecule has 6 heteroatoms. The van der Waals surface area contributed by atoms with E-state index in [2.05, 4.69) is 0 Å². The third-order valence-electron chi connectivity index (χ3n) is 5.46. The van der Waals surface area contributed by atoms with Gasteiger partial charge in [-0.25, -0.2) is 0 Å². The molecule has 1 amide bonds. The number of carbonyl (C=O) groups excluding carboxylic acids is 2. The molecule has 0 aliphatic heterocycles. The van der Waals surface area contributed by atoms with Crippen LogP contribution in [0.1, 0.15) is 12.5 Å². The normalized spacial score (nSPS) is 11.9. The van der Waals surface area contributed by atoms with Gasteiger partial charge >= 0.3 is 5.97 Å². The molecule has 1 aromatic heterocycles. The van der Waals surface area contributed by atoms with Crippen molar-refractivity contribution in [1.82, 2.24) is 9.47 Å². The van der Waals surface area contributed by atoms with E-state index in [-0.39, 0.29) is 17.9 Å². The van der Waals surface area contributed by atoms with Gasteiger partial charge in [0.2, 0.25) is 0 Å². The third kappa shape index (κ3) is 4.25. The minimum absolute atomic E-state index is 0.0769. The number of carbonyl (C=O) groups is 2. The molecular weight excluding hydrogens is 404 g/mol. The quantitative estimate of drug-likeness (QED) is 0.347. The monoisotopic (exact) mass is 428 g/mol. The van der Waals surface area contributed by atoms with E-state index < -0.39 is 12.1 Å². The molecule has 0 saturated heterocycles. The predicted molar refractivity (Wildman–Crippen MR) is 124 cm³/mol. The Hall–Kier alpha value is -3.93. The van der Waals surface area contributed by atoms with Crippen LogP contribution in [0.5, 0.6) is 0 Å². The second-order valence-electron chi connectivity index (χ2n) is 7.76. The van der Waals surface area contributed by atoms with Gasteiger partial charge in [0.25, 0.3) is 5.91 Å². The maximum atomic E-state index is 12.8. The van der Waals surface area contributed by atoms with E-state index in [9.17, 15) is 14.4 Å². The topological polar surface area (TPSA) is 68.6 Å². The highest BCUT2D eigenvalue weighted by Gasteiger charge is 2.22. The Morgan fingerprint density at radius 2 is 1.41 bits per heavy atom. The van der Waals surface area contributed by atoms with Gasteiger partial charge in [-0.15, -0.1) is 0 Å². The Kier molecular flexibility index (Phi) is 6.03. The summed E-state index contributed by atoms with van der Waals surface area (Å²) in [5, 5.41) is 1.07. The first-order chi connectivity index (χ1) is 15.5. The number of likely N-dealkylation sites (N-methyl/N-ethyl adjacent to an activating group) is 1. The summed E-state index contributed by atoms with van der Waals surface area (Å²) in [5.74, 6) is -0.824. The molecule has 4 rings (SSSR count). The average Bonchev–Trinajstić information content (AvgIpc) is 2.81. The van der Waals surface area contributed by atoms with Crippen molar-refractivity contribution in [2.24, 2.45) is 0 Å². The fourth-order valence-electron chi connectivity index (χ4n) is 3.91. The Balaban J connectivity index is 1.54. The summed E-state index contributed by atoms with van der Waals surface area (Å²) in [6.45, 7) is 1.89. The van der Waals surface area contributed by atoms with Gasteiger partial charge in [0.1, 0.15) is 6.54 Å². The van der Waals surface area contributed by atoms with E-state index in [0.717, 1.165) is 5.56 Å². The predicted octanol–water partition coefficient (Wildman–Crippen LogP) is 3.75. The van der Waals surface area contributed by atoms with Crippen LogP contribution in [0.15, 0.2) is 83.7 Å². The number of fused-ring (bicyclic) bond motifs is 2. The smallest absolute Gasteiger partial charge is 0.326 e. The van der Waals surface area contributed by atoms with Crippen molar-refractivity contribution in [3.63, 3.8) is 0 Å². The first-order valence-electron chi connectivity index (χ1n) is 10.4. The van der Waals surface area contributed by atoms with Crippen LogP contribution in [0.2, 0.25) is 0 Å². The second-order valence-corrected chi connectivity index (χ2v) is 7.76. The minimum atomic E-state index is -0.923. The van der Waals surface area contributed by atoms with Gasteiger partial charge in [-0.05, 0) is 36.8 Å². The van der Waals surface area contributed by atoms with Crippen molar-refractivity contribution in [3.05, 3.63) is 94.6 Å². The molecule has 1 heterocycles. The van der Waals surface area contributed by atoms with Gasteiger partial charge < -0.3 is 14.2 Å². The van der Waals surface area contributed by atoms with E-state index >= 15 is 0 Å². The van der Waals surface area contributed by atoms with E-state index in [0.29, 0.717) is 28.4 Å². The zero-order valence-electron chi connectivity index (χ0n) is 18.0. The van der Waals surface area contributed by atoms with Crippen molar-refractivity contribution in [1.29, 1.82) is 0 Å². The molecular formula is C26H24N2O4. The van der Waals surface area contributed by atoms with Gasteiger partial charge in [0.05, 0.1) is 11.0 Å². The summed E-state index contributed by atoms with van der Waals surface area (Å²) in [6, 6.07) is 24.0. The molecule has 0 saturated carbocycles. The fourth-order valence-corrected chi connectivity index (χ4v) is 3.91. The molecule has 0 spiro atoms. The first-order valence-corrected chi connectivity index (χ1v) is 10.4. The molecule has 32 heavy (non-hydrogen) atoms. The van der Waals surface area contributed by atoms with Crippen LogP contribution in [0.4, 0.5) is 0 Å². The van der Waals surface area contributed by atoms with Crippen LogP contribution in [-0.2, 0) is 27.4 Å². The number of ether oxygens (including phenoxy) is 1. The molecule has 3 aromatic carbocycles. The fraction of sp³-hybridized carbons (Fsp3) is 0.192. The van der Waals surface area contributed by atoms with Gasteiger partial charge in [-0.3, -0.25) is 14.4 Å². The molecule has 0 aliphatic carbocycles. The van der Waals surface area contributed by atoms with Gasteiger partial charge in [-0.2, -0.15) is 0 Å². The van der Waals surface area contributed by atoms with Crippen LogP contribution in [0.25, 0.3) is 21.8 Å². The lowest BCUT2D eigenvalue weighted by molar-refractivity contribution is -0.159. The van der Waals surface area contributed by atoms with Crippen LogP contribution in [0.3, 0.4) is 0 Å². The summed E-state index contributed by atoms with van der Waals surface area (Å²) >= 11 is 0. The van der Waals surface area contributed by atoms with E-state index in [1.54, 1.807) is 54.9 Å². The summed E-state index contributed by atoms with van der Waals surface area (Å²) in [5.41, 5.74) is 2.21. The van der Waals surface area contributed by atoms with Crippen LogP contribution in [0, 0.1) is 0 Å². The molecule has 0 radical (unpaired) electrons. The number of amides is 1. The lowest BCUT2D eigenvalue weighted by atomic mass is 10.1. The molecule has 6 nitrogen and oxygen atoms in total. The molecule has 0 bridgehead atoms. The maximum absolute atomic E-state index is 12.8. The third-order valence-corrected chi connectivity index (χ3v) is 5.46. The van der Waals surface area contributed by atoms with E-state index in [1.165, 1.54) is 4.90 Å². The summed E-state index contributed by atoms with van der Waals surface area (Å²) in [4.78, 5) is 39.9. The zero-order chi connectivity index (χ0) is 22.7. The van der Waals surface area contributed by atoms with Crippen LogP contribution >= 0.6 is 0 Å². The average molecular weight is 428 g/mol. The van der Waals surface area contributed by atoms with Gasteiger partial charge in [-0.1, -0.05) is 54.6 Å². The number of benzene rings is 3. The molecule has 0 aliphatic rings. The Morgan fingerprint density at radius 3 is 2.00 bits per heavy atom. The number of aromatic nitrogens is 1. The van der Waals surface area contributed by atoms with Gasteiger partial charge in [0.15, 0.2) is 11.5 Å². The molecule has 1 atom stereocenters. The van der Waals surface area contributed by atoms with Crippen LogP contribution < -0.4 is 5.43 Å². The number of para-hydroxylation sites is 2. The maximum Gasteiger partial charge on any atom is 0.326 e.